The van der Waals surface area contributed by atoms with Crippen LogP contribution in [-0.2, 0) is 0 Å². The first kappa shape index (κ1) is 12.3. The molecule has 19 heavy (non-hydrogen) atoms. The third-order valence-corrected chi connectivity index (χ3v) is 3.81. The third kappa shape index (κ3) is 2.66. The second kappa shape index (κ2) is 5.48. The lowest BCUT2D eigenvalue weighted by atomic mass is 9.87. The maximum absolute atomic E-state index is 4.26. The van der Waals surface area contributed by atoms with Crippen LogP contribution in [0.4, 0.5) is 0 Å². The summed E-state index contributed by atoms with van der Waals surface area (Å²) in [6.45, 7) is 4.23. The van der Waals surface area contributed by atoms with Gasteiger partial charge in [0.2, 0.25) is 0 Å². The van der Waals surface area contributed by atoms with Gasteiger partial charge in [-0.2, -0.15) is 4.80 Å². The second-order valence-corrected chi connectivity index (χ2v) is 5.22. The van der Waals surface area contributed by atoms with Crippen molar-refractivity contribution in [2.75, 3.05) is 13.1 Å². The van der Waals surface area contributed by atoms with Gasteiger partial charge in [0.1, 0.15) is 6.04 Å². The fraction of sp³-hybridized carbons (Fsp3) is 0.500. The van der Waals surface area contributed by atoms with Gasteiger partial charge in [-0.1, -0.05) is 29.8 Å². The number of aryl methyl sites for hydroxylation is 1. The van der Waals surface area contributed by atoms with Crippen LogP contribution in [-0.4, -0.2) is 33.3 Å². The van der Waals surface area contributed by atoms with Crippen molar-refractivity contribution >= 4 is 0 Å². The fourth-order valence-electron chi connectivity index (χ4n) is 2.81. The molecule has 0 aliphatic carbocycles. The van der Waals surface area contributed by atoms with Gasteiger partial charge in [0.05, 0.1) is 0 Å². The quantitative estimate of drug-likeness (QED) is 0.907. The standard InChI is InChI=1S/C14H19N5/c1-11-4-6-12(7-5-11)14(19-17-10-16-18-19)13-3-2-8-15-9-13/h4-7,10,13-15H,2-3,8-9H2,1H3/t13-,14?/m0/s1. The molecular weight excluding hydrogens is 238 g/mol. The molecule has 0 spiro atoms. The first-order valence-electron chi connectivity index (χ1n) is 6.84. The highest BCUT2D eigenvalue weighted by atomic mass is 15.6. The van der Waals surface area contributed by atoms with Crippen molar-refractivity contribution in [2.24, 2.45) is 5.92 Å². The van der Waals surface area contributed by atoms with E-state index in [-0.39, 0.29) is 6.04 Å². The molecule has 1 saturated heterocycles. The van der Waals surface area contributed by atoms with E-state index < -0.39 is 0 Å². The predicted molar refractivity (Wildman–Crippen MR) is 72.7 cm³/mol. The molecule has 1 aromatic carbocycles. The van der Waals surface area contributed by atoms with Crippen LogP contribution in [0.2, 0.25) is 0 Å². The highest BCUT2D eigenvalue weighted by Crippen LogP contribution is 2.29. The normalized spacial score (nSPS) is 21.2. The van der Waals surface area contributed by atoms with Crippen LogP contribution in [0.5, 0.6) is 0 Å². The van der Waals surface area contributed by atoms with E-state index >= 15 is 0 Å². The fourth-order valence-corrected chi connectivity index (χ4v) is 2.81. The van der Waals surface area contributed by atoms with Gasteiger partial charge in [0, 0.05) is 6.54 Å². The minimum atomic E-state index is 0.177. The Kier molecular flexibility index (Phi) is 3.55. The zero-order valence-corrected chi connectivity index (χ0v) is 11.2. The first-order valence-corrected chi connectivity index (χ1v) is 6.84. The van der Waals surface area contributed by atoms with Gasteiger partial charge in [-0.15, -0.1) is 10.2 Å². The number of tetrazole rings is 1. The largest absolute Gasteiger partial charge is 0.316 e. The Bertz CT molecular complexity index is 499. The summed E-state index contributed by atoms with van der Waals surface area (Å²) in [5.41, 5.74) is 2.54. The van der Waals surface area contributed by atoms with E-state index in [1.54, 1.807) is 4.80 Å². The monoisotopic (exact) mass is 257 g/mol. The van der Waals surface area contributed by atoms with Gasteiger partial charge < -0.3 is 5.32 Å². The van der Waals surface area contributed by atoms with Crippen molar-refractivity contribution in [3.63, 3.8) is 0 Å². The van der Waals surface area contributed by atoms with Crippen molar-refractivity contribution in [1.29, 1.82) is 0 Å². The number of hydrogen-bond acceptors (Lipinski definition) is 4. The average Bonchev–Trinajstić information content (AvgIpc) is 2.96. The number of rotatable bonds is 3. The van der Waals surface area contributed by atoms with Gasteiger partial charge in [-0.3, -0.25) is 0 Å². The van der Waals surface area contributed by atoms with Gasteiger partial charge in [0.15, 0.2) is 6.33 Å². The van der Waals surface area contributed by atoms with Crippen molar-refractivity contribution < 1.29 is 0 Å². The van der Waals surface area contributed by atoms with Crippen LogP contribution in [0.3, 0.4) is 0 Å². The number of nitrogens with zero attached hydrogens (tertiary/aromatic N) is 4. The van der Waals surface area contributed by atoms with Crippen molar-refractivity contribution in [2.45, 2.75) is 25.8 Å². The molecule has 3 rings (SSSR count). The van der Waals surface area contributed by atoms with E-state index in [1.807, 2.05) is 0 Å². The second-order valence-electron chi connectivity index (χ2n) is 5.22. The molecule has 1 fully saturated rings. The lowest BCUT2D eigenvalue weighted by Crippen LogP contribution is -2.36. The molecule has 1 aliphatic rings. The molecule has 5 nitrogen and oxygen atoms in total. The Morgan fingerprint density at radius 2 is 2.16 bits per heavy atom. The van der Waals surface area contributed by atoms with Crippen LogP contribution < -0.4 is 5.32 Å². The molecule has 0 radical (unpaired) electrons. The van der Waals surface area contributed by atoms with Crippen LogP contribution in [0, 0.1) is 12.8 Å². The van der Waals surface area contributed by atoms with Crippen molar-refractivity contribution in [3.8, 4) is 0 Å². The van der Waals surface area contributed by atoms with E-state index in [0.717, 1.165) is 13.1 Å². The third-order valence-electron chi connectivity index (χ3n) is 3.81. The summed E-state index contributed by atoms with van der Waals surface area (Å²) < 4.78 is 0. The van der Waals surface area contributed by atoms with Crippen LogP contribution >= 0.6 is 0 Å². The van der Waals surface area contributed by atoms with Crippen molar-refractivity contribution in [1.82, 2.24) is 25.5 Å². The van der Waals surface area contributed by atoms with Crippen LogP contribution in [0.25, 0.3) is 0 Å². The summed E-state index contributed by atoms with van der Waals surface area (Å²) in [4.78, 5) is 1.75. The molecule has 1 unspecified atom stereocenters. The molecule has 2 atom stereocenters. The lowest BCUT2D eigenvalue weighted by molar-refractivity contribution is 0.261. The zero-order chi connectivity index (χ0) is 13.1. The SMILES string of the molecule is Cc1ccc(C([C@H]2CCCNC2)n2ncnn2)cc1. The van der Waals surface area contributed by atoms with Gasteiger partial charge in [0.25, 0.3) is 0 Å². The molecule has 1 N–H and O–H groups in total. The smallest absolute Gasteiger partial charge is 0.162 e. The number of piperidine rings is 1. The summed E-state index contributed by atoms with van der Waals surface area (Å²) in [6, 6.07) is 8.83. The minimum absolute atomic E-state index is 0.177. The topological polar surface area (TPSA) is 55.6 Å². The van der Waals surface area contributed by atoms with Gasteiger partial charge in [-0.05, 0) is 43.0 Å². The zero-order valence-electron chi connectivity index (χ0n) is 11.2. The number of aromatic nitrogens is 4. The highest BCUT2D eigenvalue weighted by Gasteiger charge is 2.28. The van der Waals surface area contributed by atoms with E-state index in [4.69, 9.17) is 0 Å². The molecule has 1 aromatic heterocycles. The van der Waals surface area contributed by atoms with Crippen LogP contribution in [0.1, 0.15) is 30.0 Å². The maximum Gasteiger partial charge on any atom is 0.162 e. The van der Waals surface area contributed by atoms with E-state index in [1.165, 1.54) is 30.3 Å². The van der Waals surface area contributed by atoms with E-state index in [9.17, 15) is 0 Å². The molecule has 2 aromatic rings. The average molecular weight is 257 g/mol. The Hall–Kier alpha value is -1.75. The molecule has 0 amide bonds. The maximum atomic E-state index is 4.26. The molecular formula is C14H19N5. The summed E-state index contributed by atoms with van der Waals surface area (Å²) in [6.07, 6.45) is 3.92. The molecule has 1 aliphatic heterocycles. The Labute approximate surface area is 113 Å². The Morgan fingerprint density at radius 3 is 2.79 bits per heavy atom. The van der Waals surface area contributed by atoms with E-state index in [0.29, 0.717) is 5.92 Å². The minimum Gasteiger partial charge on any atom is -0.316 e. The summed E-state index contributed by atoms with van der Waals surface area (Å²) in [7, 11) is 0. The Balaban J connectivity index is 1.93. The number of nitrogens with one attached hydrogen (secondary N) is 1. The molecule has 0 bridgehead atoms. The van der Waals surface area contributed by atoms with E-state index in [2.05, 4.69) is 51.9 Å². The lowest BCUT2D eigenvalue weighted by Gasteiger charge is -2.30. The first-order chi connectivity index (χ1) is 9.34. The van der Waals surface area contributed by atoms with Crippen LogP contribution in [0.15, 0.2) is 30.6 Å². The summed E-state index contributed by atoms with van der Waals surface area (Å²) >= 11 is 0. The summed E-state index contributed by atoms with van der Waals surface area (Å²) in [5.74, 6) is 0.519. The predicted octanol–water partition coefficient (Wildman–Crippen LogP) is 1.57. The Morgan fingerprint density at radius 1 is 1.32 bits per heavy atom. The molecule has 2 heterocycles. The molecule has 5 heteroatoms. The summed E-state index contributed by atoms with van der Waals surface area (Å²) in [5, 5.41) is 15.7. The number of benzene rings is 1. The van der Waals surface area contributed by atoms with Gasteiger partial charge in [-0.25, -0.2) is 0 Å². The van der Waals surface area contributed by atoms with Gasteiger partial charge >= 0.3 is 0 Å². The molecule has 0 saturated carbocycles. The highest BCUT2D eigenvalue weighted by molar-refractivity contribution is 5.25. The van der Waals surface area contributed by atoms with Crippen molar-refractivity contribution in [3.05, 3.63) is 41.7 Å². The molecule has 100 valence electrons. The number of hydrogen-bond donors (Lipinski definition) is 1.